The summed E-state index contributed by atoms with van der Waals surface area (Å²) in [4.78, 5) is 12.7. The average molecular weight is 292 g/mol. The van der Waals surface area contributed by atoms with Gasteiger partial charge in [0.05, 0.1) is 18.4 Å². The molecule has 2 N–H and O–H groups in total. The van der Waals surface area contributed by atoms with E-state index in [0.29, 0.717) is 18.2 Å². The van der Waals surface area contributed by atoms with Gasteiger partial charge in [0.25, 0.3) is 0 Å². The zero-order valence-electron chi connectivity index (χ0n) is 12.0. The molecule has 0 fully saturated rings. The molecule has 1 atom stereocenters. The van der Waals surface area contributed by atoms with Crippen molar-refractivity contribution in [3.63, 3.8) is 0 Å². The van der Waals surface area contributed by atoms with Gasteiger partial charge in [0.2, 0.25) is 0 Å². The molecule has 3 aromatic rings. The van der Waals surface area contributed by atoms with E-state index in [9.17, 15) is 0 Å². The van der Waals surface area contributed by atoms with Gasteiger partial charge in [-0.2, -0.15) is 0 Å². The maximum Gasteiger partial charge on any atom is 0.178 e. The van der Waals surface area contributed by atoms with Crippen LogP contribution < -0.4 is 10.5 Å². The Morgan fingerprint density at radius 2 is 1.64 bits per heavy atom. The molecule has 2 aromatic heterocycles. The summed E-state index contributed by atoms with van der Waals surface area (Å²) < 4.78 is 5.64. The van der Waals surface area contributed by atoms with E-state index in [1.165, 1.54) is 0 Å². The molecule has 1 unspecified atom stereocenters. The molecule has 3 rings (SSSR count). The molecule has 1 aromatic carbocycles. The SMILES string of the molecule is NC(COc1cnc(-c2ccccn2)nc1)c1ccccc1. The lowest BCUT2D eigenvalue weighted by molar-refractivity contribution is 0.288. The highest BCUT2D eigenvalue weighted by Gasteiger charge is 2.07. The van der Waals surface area contributed by atoms with Crippen molar-refractivity contribution in [1.82, 2.24) is 15.0 Å². The molecular formula is C17H16N4O. The van der Waals surface area contributed by atoms with Crippen molar-refractivity contribution in [2.45, 2.75) is 6.04 Å². The zero-order valence-corrected chi connectivity index (χ0v) is 12.0. The van der Waals surface area contributed by atoms with Gasteiger partial charge in [0.1, 0.15) is 12.3 Å². The Morgan fingerprint density at radius 1 is 0.909 bits per heavy atom. The van der Waals surface area contributed by atoms with E-state index in [0.717, 1.165) is 11.3 Å². The standard InChI is InChI=1S/C17H16N4O/c18-15(13-6-2-1-3-7-13)12-22-14-10-20-17(21-11-14)16-8-4-5-9-19-16/h1-11,15H,12,18H2. The highest BCUT2D eigenvalue weighted by atomic mass is 16.5. The van der Waals surface area contributed by atoms with Gasteiger partial charge >= 0.3 is 0 Å². The maximum atomic E-state index is 6.09. The van der Waals surface area contributed by atoms with Gasteiger partial charge < -0.3 is 10.5 Å². The molecule has 0 saturated heterocycles. The van der Waals surface area contributed by atoms with E-state index in [-0.39, 0.29) is 6.04 Å². The molecule has 110 valence electrons. The van der Waals surface area contributed by atoms with E-state index in [4.69, 9.17) is 10.5 Å². The quantitative estimate of drug-likeness (QED) is 0.782. The summed E-state index contributed by atoms with van der Waals surface area (Å²) in [5.74, 6) is 1.16. The van der Waals surface area contributed by atoms with E-state index in [1.807, 2.05) is 48.5 Å². The number of hydrogen-bond donors (Lipinski definition) is 1. The number of aromatic nitrogens is 3. The first-order valence-corrected chi connectivity index (χ1v) is 7.00. The summed E-state index contributed by atoms with van der Waals surface area (Å²) in [6.07, 6.45) is 4.98. The smallest absolute Gasteiger partial charge is 0.178 e. The number of pyridine rings is 1. The van der Waals surface area contributed by atoms with Crippen molar-refractivity contribution in [2.75, 3.05) is 6.61 Å². The Hall–Kier alpha value is -2.79. The molecular weight excluding hydrogens is 276 g/mol. The molecule has 0 amide bonds. The van der Waals surface area contributed by atoms with E-state index >= 15 is 0 Å². The predicted molar refractivity (Wildman–Crippen MR) is 84.1 cm³/mol. The van der Waals surface area contributed by atoms with Crippen molar-refractivity contribution in [3.8, 4) is 17.3 Å². The topological polar surface area (TPSA) is 73.9 Å². The number of hydrogen-bond acceptors (Lipinski definition) is 5. The average Bonchev–Trinajstić information content (AvgIpc) is 2.61. The Labute approximate surface area is 128 Å². The highest BCUT2D eigenvalue weighted by Crippen LogP contribution is 2.16. The van der Waals surface area contributed by atoms with Gasteiger partial charge in [-0.1, -0.05) is 36.4 Å². The van der Waals surface area contributed by atoms with Crippen molar-refractivity contribution in [1.29, 1.82) is 0 Å². The van der Waals surface area contributed by atoms with Crippen LogP contribution >= 0.6 is 0 Å². The third-order valence-corrected chi connectivity index (χ3v) is 3.18. The van der Waals surface area contributed by atoms with Crippen LogP contribution in [-0.2, 0) is 0 Å². The van der Waals surface area contributed by atoms with E-state index in [1.54, 1.807) is 18.6 Å². The first-order valence-electron chi connectivity index (χ1n) is 7.00. The lowest BCUT2D eigenvalue weighted by Gasteiger charge is -2.13. The first kappa shape index (κ1) is 14.2. The Balaban J connectivity index is 1.62. The summed E-state index contributed by atoms with van der Waals surface area (Å²) in [7, 11) is 0. The number of nitrogens with two attached hydrogens (primary N) is 1. The van der Waals surface area contributed by atoms with Crippen LogP contribution in [0, 0.1) is 0 Å². The lowest BCUT2D eigenvalue weighted by Crippen LogP contribution is -2.19. The number of rotatable bonds is 5. The molecule has 0 aliphatic carbocycles. The van der Waals surface area contributed by atoms with Crippen LogP contribution in [-0.4, -0.2) is 21.6 Å². The Morgan fingerprint density at radius 3 is 2.32 bits per heavy atom. The number of benzene rings is 1. The molecule has 0 radical (unpaired) electrons. The second kappa shape index (κ2) is 6.78. The molecule has 0 spiro atoms. The van der Waals surface area contributed by atoms with Crippen LogP contribution in [0.5, 0.6) is 5.75 Å². The first-order chi connectivity index (χ1) is 10.8. The lowest BCUT2D eigenvalue weighted by atomic mass is 10.1. The van der Waals surface area contributed by atoms with Gasteiger partial charge in [-0.05, 0) is 17.7 Å². The summed E-state index contributed by atoms with van der Waals surface area (Å²) >= 11 is 0. The Kier molecular flexibility index (Phi) is 4.36. The second-order valence-corrected chi connectivity index (χ2v) is 4.79. The normalized spacial score (nSPS) is 11.9. The van der Waals surface area contributed by atoms with Gasteiger partial charge in [-0.3, -0.25) is 4.98 Å². The minimum atomic E-state index is -0.184. The monoisotopic (exact) mass is 292 g/mol. The second-order valence-electron chi connectivity index (χ2n) is 4.79. The molecule has 0 aliphatic rings. The van der Waals surface area contributed by atoms with Crippen molar-refractivity contribution >= 4 is 0 Å². The van der Waals surface area contributed by atoms with E-state index in [2.05, 4.69) is 15.0 Å². The number of ether oxygens (including phenoxy) is 1. The predicted octanol–water partition coefficient (Wildman–Crippen LogP) is 2.62. The third kappa shape index (κ3) is 3.45. The van der Waals surface area contributed by atoms with Crippen LogP contribution in [0.25, 0.3) is 11.5 Å². The third-order valence-electron chi connectivity index (χ3n) is 3.18. The molecule has 0 aliphatic heterocycles. The minimum Gasteiger partial charge on any atom is -0.488 e. The van der Waals surface area contributed by atoms with E-state index < -0.39 is 0 Å². The van der Waals surface area contributed by atoms with Crippen LogP contribution in [0.2, 0.25) is 0 Å². The van der Waals surface area contributed by atoms with Crippen molar-refractivity contribution < 1.29 is 4.74 Å². The minimum absolute atomic E-state index is 0.184. The van der Waals surface area contributed by atoms with Gasteiger partial charge in [0.15, 0.2) is 11.6 Å². The van der Waals surface area contributed by atoms with Crippen molar-refractivity contribution in [2.24, 2.45) is 5.73 Å². The van der Waals surface area contributed by atoms with Crippen LogP contribution in [0.15, 0.2) is 67.1 Å². The molecule has 2 heterocycles. The fourth-order valence-corrected chi connectivity index (χ4v) is 2.00. The van der Waals surface area contributed by atoms with Gasteiger partial charge in [-0.15, -0.1) is 0 Å². The van der Waals surface area contributed by atoms with Crippen LogP contribution in [0.1, 0.15) is 11.6 Å². The van der Waals surface area contributed by atoms with Crippen LogP contribution in [0.4, 0.5) is 0 Å². The largest absolute Gasteiger partial charge is 0.488 e. The van der Waals surface area contributed by atoms with Crippen molar-refractivity contribution in [3.05, 3.63) is 72.7 Å². The Bertz CT molecular complexity index is 702. The molecule has 22 heavy (non-hydrogen) atoms. The summed E-state index contributed by atoms with van der Waals surface area (Å²) in [6, 6.07) is 15.3. The summed E-state index contributed by atoms with van der Waals surface area (Å²) in [6.45, 7) is 0.371. The van der Waals surface area contributed by atoms with Gasteiger partial charge in [0, 0.05) is 6.20 Å². The highest BCUT2D eigenvalue weighted by molar-refractivity contribution is 5.48. The number of nitrogens with zero attached hydrogens (tertiary/aromatic N) is 3. The fourth-order valence-electron chi connectivity index (χ4n) is 2.00. The maximum absolute atomic E-state index is 6.09. The van der Waals surface area contributed by atoms with Gasteiger partial charge in [-0.25, -0.2) is 9.97 Å². The molecule has 5 heteroatoms. The summed E-state index contributed by atoms with van der Waals surface area (Å²) in [5, 5.41) is 0. The summed E-state index contributed by atoms with van der Waals surface area (Å²) in [5.41, 5.74) is 7.86. The molecule has 0 saturated carbocycles. The fraction of sp³-hybridized carbons (Fsp3) is 0.118. The zero-order chi connectivity index (χ0) is 15.2. The molecule has 5 nitrogen and oxygen atoms in total. The molecule has 0 bridgehead atoms. The van der Waals surface area contributed by atoms with Crippen LogP contribution in [0.3, 0.4) is 0 Å².